The van der Waals surface area contributed by atoms with Crippen LogP contribution in [0.15, 0.2) is 41.3 Å². The fourth-order valence-corrected chi connectivity index (χ4v) is 5.19. The van der Waals surface area contributed by atoms with E-state index < -0.39 is 10.0 Å². The molecule has 1 N–H and O–H groups in total. The summed E-state index contributed by atoms with van der Waals surface area (Å²) >= 11 is 1.55. The van der Waals surface area contributed by atoms with Gasteiger partial charge >= 0.3 is 0 Å². The zero-order valence-electron chi connectivity index (χ0n) is 17.8. The number of ether oxygens (including phenoxy) is 2. The lowest BCUT2D eigenvalue weighted by molar-refractivity contribution is 0.355. The number of aryl methyl sites for hydroxylation is 3. The molecule has 1 heterocycles. The summed E-state index contributed by atoms with van der Waals surface area (Å²) in [7, 11) is -0.342. The molecule has 0 bridgehead atoms. The Morgan fingerprint density at radius 3 is 2.37 bits per heavy atom. The van der Waals surface area contributed by atoms with E-state index in [1.165, 1.54) is 0 Å². The first-order chi connectivity index (χ1) is 14.2. The van der Waals surface area contributed by atoms with Gasteiger partial charge in [0.05, 0.1) is 24.8 Å². The molecule has 6 nitrogen and oxygen atoms in total. The maximum absolute atomic E-state index is 12.6. The summed E-state index contributed by atoms with van der Waals surface area (Å²) < 4.78 is 38.5. The van der Waals surface area contributed by atoms with E-state index in [0.29, 0.717) is 24.5 Å². The maximum Gasteiger partial charge on any atom is 0.240 e. The van der Waals surface area contributed by atoms with Gasteiger partial charge in [-0.15, -0.1) is 11.3 Å². The minimum Gasteiger partial charge on any atom is -0.493 e. The van der Waals surface area contributed by atoms with Crippen molar-refractivity contribution in [2.45, 2.75) is 32.1 Å². The highest BCUT2D eigenvalue weighted by atomic mass is 32.2. The predicted octanol–water partition coefficient (Wildman–Crippen LogP) is 4.27. The summed E-state index contributed by atoms with van der Waals surface area (Å²) in [6, 6.07) is 10.8. The van der Waals surface area contributed by atoms with E-state index in [1.807, 2.05) is 45.0 Å². The molecule has 1 aromatic heterocycles. The van der Waals surface area contributed by atoms with Crippen molar-refractivity contribution < 1.29 is 17.9 Å². The van der Waals surface area contributed by atoms with Crippen LogP contribution >= 0.6 is 11.3 Å². The van der Waals surface area contributed by atoms with Gasteiger partial charge in [0.15, 0.2) is 11.5 Å². The fraction of sp³-hybridized carbons (Fsp3) is 0.318. The molecule has 3 rings (SSSR count). The molecule has 160 valence electrons. The molecular formula is C22H26N2O4S2. The van der Waals surface area contributed by atoms with Gasteiger partial charge in [-0.25, -0.2) is 18.1 Å². The van der Waals surface area contributed by atoms with Crippen LogP contribution in [0.3, 0.4) is 0 Å². The summed E-state index contributed by atoms with van der Waals surface area (Å²) in [5, 5.41) is 0.862. The van der Waals surface area contributed by atoms with E-state index in [1.54, 1.807) is 37.7 Å². The number of aromatic nitrogens is 1. The van der Waals surface area contributed by atoms with E-state index in [2.05, 4.69) is 9.71 Å². The summed E-state index contributed by atoms with van der Waals surface area (Å²) in [5.74, 6) is 1.31. The Balaban J connectivity index is 1.71. The van der Waals surface area contributed by atoms with Crippen molar-refractivity contribution in [3.63, 3.8) is 0 Å². The molecule has 0 aliphatic carbocycles. The predicted molar refractivity (Wildman–Crippen MR) is 120 cm³/mol. The average molecular weight is 447 g/mol. The first kappa shape index (κ1) is 22.3. The monoisotopic (exact) mass is 446 g/mol. The van der Waals surface area contributed by atoms with E-state index in [4.69, 9.17) is 9.47 Å². The number of methoxy groups -OCH3 is 2. The van der Waals surface area contributed by atoms with Gasteiger partial charge in [0.25, 0.3) is 0 Å². The van der Waals surface area contributed by atoms with Crippen LogP contribution in [0.2, 0.25) is 0 Å². The fourth-order valence-electron chi connectivity index (χ4n) is 3.02. The molecule has 0 spiro atoms. The summed E-state index contributed by atoms with van der Waals surface area (Å²) in [5.41, 5.74) is 3.85. The Morgan fingerprint density at radius 2 is 1.70 bits per heavy atom. The quantitative estimate of drug-likeness (QED) is 0.559. The number of hydrogen-bond donors (Lipinski definition) is 1. The number of rotatable bonds is 8. The minimum atomic E-state index is -3.54. The van der Waals surface area contributed by atoms with Gasteiger partial charge in [-0.2, -0.15) is 0 Å². The number of nitrogens with zero attached hydrogens (tertiary/aromatic N) is 1. The molecule has 3 aromatic rings. The molecule has 2 aromatic carbocycles. The molecular weight excluding hydrogens is 420 g/mol. The van der Waals surface area contributed by atoms with Crippen molar-refractivity contribution in [1.29, 1.82) is 0 Å². The summed E-state index contributed by atoms with van der Waals surface area (Å²) in [4.78, 5) is 5.98. The molecule has 0 fully saturated rings. The molecule has 30 heavy (non-hydrogen) atoms. The Bertz CT molecular complexity index is 1150. The highest BCUT2D eigenvalue weighted by molar-refractivity contribution is 7.89. The van der Waals surface area contributed by atoms with E-state index in [0.717, 1.165) is 32.3 Å². The van der Waals surface area contributed by atoms with Crippen LogP contribution in [0.5, 0.6) is 11.5 Å². The SMILES string of the molecule is COc1ccc(-c2nc(C)c(CCNS(=O)(=O)c3ccc(C)c(C)c3)s2)cc1OC. The minimum absolute atomic E-state index is 0.289. The van der Waals surface area contributed by atoms with Crippen LogP contribution in [-0.4, -0.2) is 34.2 Å². The highest BCUT2D eigenvalue weighted by Crippen LogP contribution is 2.35. The topological polar surface area (TPSA) is 77.5 Å². The highest BCUT2D eigenvalue weighted by Gasteiger charge is 2.16. The van der Waals surface area contributed by atoms with E-state index in [9.17, 15) is 8.42 Å². The molecule has 0 aliphatic heterocycles. The van der Waals surface area contributed by atoms with E-state index in [-0.39, 0.29) is 4.90 Å². The van der Waals surface area contributed by atoms with Crippen molar-refractivity contribution >= 4 is 21.4 Å². The molecule has 0 radical (unpaired) electrons. The zero-order chi connectivity index (χ0) is 21.9. The van der Waals surface area contributed by atoms with Crippen molar-refractivity contribution in [2.24, 2.45) is 0 Å². The smallest absolute Gasteiger partial charge is 0.240 e. The van der Waals surface area contributed by atoms with Gasteiger partial charge in [-0.3, -0.25) is 0 Å². The van der Waals surface area contributed by atoms with Crippen LogP contribution in [0.25, 0.3) is 10.6 Å². The number of nitrogens with one attached hydrogen (secondary N) is 1. The average Bonchev–Trinajstić information content (AvgIpc) is 3.09. The van der Waals surface area contributed by atoms with Crippen LogP contribution in [-0.2, 0) is 16.4 Å². The molecule has 0 unspecified atom stereocenters. The third kappa shape index (κ3) is 4.83. The molecule has 0 aliphatic rings. The van der Waals surface area contributed by atoms with Crippen LogP contribution in [0.4, 0.5) is 0 Å². The zero-order valence-corrected chi connectivity index (χ0v) is 19.4. The van der Waals surface area contributed by atoms with Crippen LogP contribution < -0.4 is 14.2 Å². The lowest BCUT2D eigenvalue weighted by Gasteiger charge is -2.08. The van der Waals surface area contributed by atoms with Crippen LogP contribution in [0, 0.1) is 20.8 Å². The van der Waals surface area contributed by atoms with Crippen molar-refractivity contribution in [3.05, 3.63) is 58.1 Å². The standard InChI is InChI=1S/C22H26N2O4S2/c1-14-6-8-18(12-15(14)2)30(25,26)23-11-10-21-16(3)24-22(29-21)17-7-9-19(27-4)20(13-17)28-5/h6-9,12-13,23H,10-11H2,1-5H3. The normalized spacial score (nSPS) is 11.5. The van der Waals surface area contributed by atoms with Gasteiger partial charge in [0.2, 0.25) is 10.0 Å². The van der Waals surface area contributed by atoms with Crippen molar-refractivity contribution in [3.8, 4) is 22.1 Å². The number of benzene rings is 2. The van der Waals surface area contributed by atoms with Crippen molar-refractivity contribution in [2.75, 3.05) is 20.8 Å². The Labute approximate surface area is 181 Å². The first-order valence-corrected chi connectivity index (χ1v) is 11.8. The molecule has 0 atom stereocenters. The van der Waals surface area contributed by atoms with Gasteiger partial charge < -0.3 is 9.47 Å². The summed E-state index contributed by atoms with van der Waals surface area (Å²) in [6.07, 6.45) is 0.570. The van der Waals surface area contributed by atoms with E-state index >= 15 is 0 Å². The van der Waals surface area contributed by atoms with Gasteiger partial charge in [-0.05, 0) is 68.7 Å². The lowest BCUT2D eigenvalue weighted by atomic mass is 10.1. The summed E-state index contributed by atoms with van der Waals surface area (Å²) in [6.45, 7) is 6.12. The number of thiazole rings is 1. The second-order valence-electron chi connectivity index (χ2n) is 6.99. The third-order valence-electron chi connectivity index (χ3n) is 4.96. The Hall–Kier alpha value is -2.42. The number of hydrogen-bond acceptors (Lipinski definition) is 6. The molecule has 0 saturated heterocycles. The van der Waals surface area contributed by atoms with Gasteiger partial charge in [0.1, 0.15) is 5.01 Å². The van der Waals surface area contributed by atoms with Crippen LogP contribution in [0.1, 0.15) is 21.7 Å². The van der Waals surface area contributed by atoms with Crippen molar-refractivity contribution in [1.82, 2.24) is 9.71 Å². The second-order valence-corrected chi connectivity index (χ2v) is 9.84. The molecule has 8 heteroatoms. The lowest BCUT2D eigenvalue weighted by Crippen LogP contribution is -2.26. The molecule has 0 saturated carbocycles. The first-order valence-electron chi connectivity index (χ1n) is 9.50. The van der Waals surface area contributed by atoms with Gasteiger partial charge in [-0.1, -0.05) is 6.07 Å². The van der Waals surface area contributed by atoms with Gasteiger partial charge in [0, 0.05) is 17.0 Å². The maximum atomic E-state index is 12.6. The second kappa shape index (κ2) is 9.16. The third-order valence-corrected chi connectivity index (χ3v) is 7.68. The molecule has 0 amide bonds. The number of sulfonamides is 1. The largest absolute Gasteiger partial charge is 0.493 e. The Morgan fingerprint density at radius 1 is 0.967 bits per heavy atom. The Kier molecular flexibility index (Phi) is 6.80.